The van der Waals surface area contributed by atoms with Crippen LogP contribution >= 0.6 is 0 Å². The highest BCUT2D eigenvalue weighted by atomic mass is 16.5. The highest BCUT2D eigenvalue weighted by Gasteiger charge is 2.13. The zero-order valence-corrected chi connectivity index (χ0v) is 70.5. The number of methoxy groups -OCH3 is 1. The van der Waals surface area contributed by atoms with Crippen molar-refractivity contribution >= 4 is 47.1 Å². The van der Waals surface area contributed by atoms with E-state index in [1.165, 1.54) is 200 Å². The van der Waals surface area contributed by atoms with Crippen LogP contribution in [0.1, 0.15) is 219 Å². The van der Waals surface area contributed by atoms with Gasteiger partial charge in [0.05, 0.1) is 7.11 Å². The van der Waals surface area contributed by atoms with Gasteiger partial charge in [-0.2, -0.15) is 0 Å². The highest BCUT2D eigenvalue weighted by Crippen LogP contribution is 2.35. The van der Waals surface area contributed by atoms with Crippen molar-refractivity contribution in [2.75, 3.05) is 7.11 Å². The van der Waals surface area contributed by atoms with E-state index in [2.05, 4.69) is 410 Å². The average Bonchev–Trinajstić information content (AvgIpc) is 0.803. The number of hydrogen-bond donors (Lipinski definition) is 0. The van der Waals surface area contributed by atoms with Crippen LogP contribution in [-0.2, 0) is 12.8 Å². The summed E-state index contributed by atoms with van der Waals surface area (Å²) in [6.45, 7) is 44.8. The van der Waals surface area contributed by atoms with Crippen molar-refractivity contribution in [1.29, 1.82) is 0 Å². The first-order chi connectivity index (χ1) is 52.5. The van der Waals surface area contributed by atoms with E-state index in [9.17, 15) is 0 Å². The molecule has 0 aromatic heterocycles. The second-order valence-corrected chi connectivity index (χ2v) is 28.8. The molecule has 0 unspecified atom stereocenters. The number of allylic oxidation sites excluding steroid dienone is 8. The predicted molar refractivity (Wildman–Crippen MR) is 489 cm³/mol. The quantitative estimate of drug-likeness (QED) is 0.0778. The summed E-state index contributed by atoms with van der Waals surface area (Å²) < 4.78 is 5.25. The van der Waals surface area contributed by atoms with Gasteiger partial charge >= 0.3 is 0 Å². The number of unbranched alkanes of at least 4 members (excludes halogenated alkanes) is 2. The van der Waals surface area contributed by atoms with Gasteiger partial charge in [-0.15, -0.1) is 0 Å². The maximum absolute atomic E-state index is 5.25. The maximum atomic E-state index is 5.25. The van der Waals surface area contributed by atoms with E-state index in [0.717, 1.165) is 5.75 Å². The molecule has 1 heteroatoms. The van der Waals surface area contributed by atoms with Crippen LogP contribution in [0.5, 0.6) is 5.75 Å². The van der Waals surface area contributed by atoms with E-state index in [1.54, 1.807) is 7.11 Å². The molecule has 0 saturated carbocycles. The first-order valence-corrected chi connectivity index (χ1v) is 39.4. The molecule has 0 amide bonds. The Morgan fingerprint density at radius 3 is 1.06 bits per heavy atom. The summed E-state index contributed by atoms with van der Waals surface area (Å²) in [6.07, 6.45) is 28.7. The summed E-state index contributed by atoms with van der Waals surface area (Å²) in [6, 6.07) is 86.9. The SMILES string of the molecule is C/C=C/c1cc(-c2ccccc2)c(C)cc1-c1ccccc1.C/C=C/c1cc(CCCC)c(C)cc1CCCC.C/C=C/c1cc(OC)c(C)cc1C.C/C=C/c1ccc(C)cc1.C/C=C\c1ccc(C)cc1.CC(=C(c1ccc(C)cc1)c1ccc(C)cc1)c1ccc(C)cc1.CC(C)=C(C)c1ccc(C)cc1. The zero-order chi connectivity index (χ0) is 79.6. The Kier molecular flexibility index (Phi) is 39.7. The molecule has 11 aromatic carbocycles. The van der Waals surface area contributed by atoms with Crippen LogP contribution < -0.4 is 4.74 Å². The third-order valence-corrected chi connectivity index (χ3v) is 19.2. The number of aryl methyl sites for hydroxylation is 12. The van der Waals surface area contributed by atoms with E-state index in [-0.39, 0.29) is 0 Å². The zero-order valence-electron chi connectivity index (χ0n) is 70.5. The lowest BCUT2D eigenvalue weighted by molar-refractivity contribution is 0.411. The van der Waals surface area contributed by atoms with Gasteiger partial charge < -0.3 is 4.74 Å². The van der Waals surface area contributed by atoms with E-state index < -0.39 is 0 Å². The molecule has 1 nitrogen and oxygen atoms in total. The molecular weight excluding hydrogens is 1310 g/mol. The standard InChI is InChI=1S/C24H24.C22H20.C18H28.C12H16O.C12H16.2C10H12/c1-17-5-11-21(12-6-17)20(4)24(22-13-7-18(2)8-14-22)23-15-9-19(3)10-16-23;1-3-10-20-16-21(18-11-6-4-7-12-18)17(2)15-22(20)19-13-8-5-9-14-19;1-5-8-11-16-14-17(10-7-3)18(12-9-6-2)13-15(16)4;1-5-6-11-8-12(13-4)10(3)7-9(11)2;1-9(2)11(4)12-7-5-10(3)6-8-12;2*1-3-4-10-7-5-9(2)6-8-10/h5-16H,1-4H3;3-16H,1-2H3;7,10,13-14H,5-6,8-9,11-12H2,1-4H3;5-8H,1-4H3;5-8H,1-4H3;2*3-8H,1-2H3/b;10-3+;10-7+;6-5+;;4-3+;4-3-. The number of rotatable bonds is 18. The fourth-order valence-electron chi connectivity index (χ4n) is 12.5. The topological polar surface area (TPSA) is 9.23 Å². The highest BCUT2D eigenvalue weighted by molar-refractivity contribution is 5.98. The Morgan fingerprint density at radius 2 is 0.670 bits per heavy atom. The molecule has 566 valence electrons. The van der Waals surface area contributed by atoms with Crippen LogP contribution in [0.2, 0.25) is 0 Å². The lowest BCUT2D eigenvalue weighted by atomic mass is 9.89. The molecule has 109 heavy (non-hydrogen) atoms. The van der Waals surface area contributed by atoms with Gasteiger partial charge in [0.25, 0.3) is 0 Å². The van der Waals surface area contributed by atoms with Crippen LogP contribution in [0.25, 0.3) is 69.4 Å². The van der Waals surface area contributed by atoms with Gasteiger partial charge in [-0.05, 0) is 292 Å². The smallest absolute Gasteiger partial charge is 0.122 e. The lowest BCUT2D eigenvalue weighted by Crippen LogP contribution is -1.97. The Balaban J connectivity index is 0.000000234. The summed E-state index contributed by atoms with van der Waals surface area (Å²) >= 11 is 0. The minimum absolute atomic E-state index is 0.957. The van der Waals surface area contributed by atoms with Gasteiger partial charge in [0.15, 0.2) is 0 Å². The minimum atomic E-state index is 0.957. The largest absolute Gasteiger partial charge is 0.496 e. The minimum Gasteiger partial charge on any atom is -0.496 e. The molecule has 0 aliphatic carbocycles. The Hall–Kier alpha value is -10.6. The van der Waals surface area contributed by atoms with Crippen molar-refractivity contribution in [2.45, 2.75) is 184 Å². The molecule has 0 N–H and O–H groups in total. The monoisotopic (exact) mass is 1440 g/mol. The number of benzene rings is 11. The summed E-state index contributed by atoms with van der Waals surface area (Å²) in [5.74, 6) is 0.957. The molecular formula is C108H128O. The fraction of sp³-hybridized carbons (Fsp3) is 0.259. The third-order valence-electron chi connectivity index (χ3n) is 19.2. The number of hydrogen-bond acceptors (Lipinski definition) is 1. The van der Waals surface area contributed by atoms with Crippen molar-refractivity contribution < 1.29 is 4.74 Å². The van der Waals surface area contributed by atoms with Crippen LogP contribution in [-0.4, -0.2) is 7.11 Å². The van der Waals surface area contributed by atoms with Gasteiger partial charge in [-0.25, -0.2) is 0 Å². The molecule has 0 heterocycles. The maximum Gasteiger partial charge on any atom is 0.122 e. The third kappa shape index (κ3) is 30.5. The molecule has 11 rings (SSSR count). The van der Waals surface area contributed by atoms with Gasteiger partial charge in [0.2, 0.25) is 0 Å². The van der Waals surface area contributed by atoms with Crippen molar-refractivity contribution in [3.05, 3.63) is 395 Å². The van der Waals surface area contributed by atoms with Crippen LogP contribution in [0.4, 0.5) is 0 Å². The Morgan fingerprint density at radius 1 is 0.303 bits per heavy atom. The second kappa shape index (κ2) is 48.7. The molecule has 0 saturated heterocycles. The first-order valence-electron chi connectivity index (χ1n) is 39.4. The van der Waals surface area contributed by atoms with E-state index in [0.29, 0.717) is 0 Å². The molecule has 0 bridgehead atoms. The van der Waals surface area contributed by atoms with Crippen LogP contribution in [0.3, 0.4) is 0 Å². The molecule has 0 aliphatic heterocycles. The lowest BCUT2D eigenvalue weighted by Gasteiger charge is -2.15. The Labute approximate surface area is 662 Å². The molecule has 0 atom stereocenters. The van der Waals surface area contributed by atoms with Gasteiger partial charge in [-0.1, -0.05) is 357 Å². The predicted octanol–water partition coefficient (Wildman–Crippen LogP) is 31.9. The van der Waals surface area contributed by atoms with Crippen LogP contribution in [0, 0.1) is 69.2 Å². The number of ether oxygens (including phenoxy) is 1. The van der Waals surface area contributed by atoms with Crippen LogP contribution in [0.15, 0.2) is 279 Å². The average molecular weight is 1440 g/mol. The molecule has 0 aliphatic rings. The van der Waals surface area contributed by atoms with Crippen molar-refractivity contribution in [3.63, 3.8) is 0 Å². The van der Waals surface area contributed by atoms with Crippen molar-refractivity contribution in [1.82, 2.24) is 0 Å². The molecule has 0 spiro atoms. The summed E-state index contributed by atoms with van der Waals surface area (Å²) in [7, 11) is 1.71. The Bertz CT molecular complexity index is 4590. The summed E-state index contributed by atoms with van der Waals surface area (Å²) in [4.78, 5) is 0. The van der Waals surface area contributed by atoms with E-state index >= 15 is 0 Å². The molecule has 0 radical (unpaired) electrons. The van der Waals surface area contributed by atoms with E-state index in [1.807, 2.05) is 39.0 Å². The molecule has 0 fully saturated rings. The van der Waals surface area contributed by atoms with E-state index in [4.69, 9.17) is 4.74 Å². The fourth-order valence-corrected chi connectivity index (χ4v) is 12.5. The van der Waals surface area contributed by atoms with Crippen molar-refractivity contribution in [2.24, 2.45) is 0 Å². The van der Waals surface area contributed by atoms with Gasteiger partial charge in [-0.3, -0.25) is 0 Å². The normalized spacial score (nSPS) is 10.7. The molecule has 11 aromatic rings. The summed E-state index contributed by atoms with van der Waals surface area (Å²) in [5, 5.41) is 0. The summed E-state index contributed by atoms with van der Waals surface area (Å²) in [5.41, 5.74) is 38.2. The second-order valence-electron chi connectivity index (χ2n) is 28.8. The van der Waals surface area contributed by atoms with Gasteiger partial charge in [0, 0.05) is 0 Å². The van der Waals surface area contributed by atoms with Gasteiger partial charge in [0.1, 0.15) is 5.75 Å². The first kappa shape index (κ1) is 89.0. The van der Waals surface area contributed by atoms with Crippen molar-refractivity contribution in [3.8, 4) is 28.0 Å².